The van der Waals surface area contributed by atoms with Crippen LogP contribution >= 0.6 is 0 Å². The Labute approximate surface area is 147 Å². The zero-order chi connectivity index (χ0) is 17.4. The number of nitrogens with zero attached hydrogens (tertiary/aromatic N) is 4. The molecular formula is C20H24N4O. The molecule has 1 unspecified atom stereocenters. The summed E-state index contributed by atoms with van der Waals surface area (Å²) < 4.78 is 1.93. The van der Waals surface area contributed by atoms with Crippen LogP contribution in [0.2, 0.25) is 0 Å². The summed E-state index contributed by atoms with van der Waals surface area (Å²) in [5, 5.41) is 13.9. The lowest BCUT2D eigenvalue weighted by Gasteiger charge is -2.24. The van der Waals surface area contributed by atoms with Gasteiger partial charge in [0.15, 0.2) is 5.65 Å². The van der Waals surface area contributed by atoms with E-state index in [1.165, 1.54) is 0 Å². The first-order valence-corrected chi connectivity index (χ1v) is 8.86. The minimum Gasteiger partial charge on any atom is -0.396 e. The standard InChI is InChI=1S/C20H24N4O/c1-15-13-21-24-17(16-6-4-3-5-7-16)12-18(22-19(15)24)23-10-8-20(2,14-23)9-11-25/h3-7,12-13,25H,8-11,14H2,1-2H3. The van der Waals surface area contributed by atoms with Gasteiger partial charge in [-0.05, 0) is 25.2 Å². The molecule has 1 aliphatic rings. The maximum atomic E-state index is 9.35. The Balaban J connectivity index is 1.79. The SMILES string of the molecule is Cc1cnn2c(-c3ccccc3)cc(N3CCC(C)(CCO)C3)nc12. The lowest BCUT2D eigenvalue weighted by atomic mass is 9.86. The van der Waals surface area contributed by atoms with Crippen LogP contribution in [-0.4, -0.2) is 39.4 Å². The van der Waals surface area contributed by atoms with Crippen molar-refractivity contribution in [2.75, 3.05) is 24.6 Å². The maximum absolute atomic E-state index is 9.35. The molecule has 2 aromatic heterocycles. The smallest absolute Gasteiger partial charge is 0.160 e. The molecule has 1 saturated heterocycles. The highest BCUT2D eigenvalue weighted by Crippen LogP contribution is 2.36. The van der Waals surface area contributed by atoms with Crippen molar-refractivity contribution in [3.05, 3.63) is 48.2 Å². The maximum Gasteiger partial charge on any atom is 0.160 e. The number of aliphatic hydroxyl groups excluding tert-OH is 1. The van der Waals surface area contributed by atoms with E-state index in [0.29, 0.717) is 0 Å². The highest BCUT2D eigenvalue weighted by Gasteiger charge is 2.34. The molecule has 130 valence electrons. The van der Waals surface area contributed by atoms with Crippen molar-refractivity contribution in [2.45, 2.75) is 26.7 Å². The van der Waals surface area contributed by atoms with Gasteiger partial charge >= 0.3 is 0 Å². The van der Waals surface area contributed by atoms with E-state index < -0.39 is 0 Å². The van der Waals surface area contributed by atoms with Gasteiger partial charge in [0.25, 0.3) is 0 Å². The van der Waals surface area contributed by atoms with Crippen LogP contribution in [0, 0.1) is 12.3 Å². The quantitative estimate of drug-likeness (QED) is 0.794. The summed E-state index contributed by atoms with van der Waals surface area (Å²) in [5.74, 6) is 0.997. The number of fused-ring (bicyclic) bond motifs is 1. The Morgan fingerprint density at radius 3 is 2.80 bits per heavy atom. The molecule has 3 heterocycles. The van der Waals surface area contributed by atoms with Crippen LogP contribution in [0.25, 0.3) is 16.9 Å². The summed E-state index contributed by atoms with van der Waals surface area (Å²) in [6.07, 6.45) is 3.79. The van der Waals surface area contributed by atoms with E-state index in [-0.39, 0.29) is 12.0 Å². The molecule has 0 amide bonds. The predicted molar refractivity (Wildman–Crippen MR) is 99.8 cm³/mol. The molecule has 1 atom stereocenters. The summed E-state index contributed by atoms with van der Waals surface area (Å²) in [4.78, 5) is 7.23. The molecule has 1 fully saturated rings. The minimum absolute atomic E-state index is 0.157. The Morgan fingerprint density at radius 1 is 1.24 bits per heavy atom. The fraction of sp³-hybridized carbons (Fsp3) is 0.400. The molecular weight excluding hydrogens is 312 g/mol. The molecule has 1 aromatic carbocycles. The second-order valence-electron chi connectivity index (χ2n) is 7.38. The van der Waals surface area contributed by atoms with Crippen LogP contribution in [0.15, 0.2) is 42.6 Å². The molecule has 5 heteroatoms. The van der Waals surface area contributed by atoms with Gasteiger partial charge in [0, 0.05) is 36.9 Å². The molecule has 0 radical (unpaired) electrons. The number of aliphatic hydroxyl groups is 1. The van der Waals surface area contributed by atoms with Crippen molar-refractivity contribution in [3.8, 4) is 11.3 Å². The van der Waals surface area contributed by atoms with Gasteiger partial charge in [0.2, 0.25) is 0 Å². The number of rotatable bonds is 4. The number of benzene rings is 1. The van der Waals surface area contributed by atoms with E-state index in [1.807, 2.05) is 35.8 Å². The Hall–Kier alpha value is -2.40. The van der Waals surface area contributed by atoms with Gasteiger partial charge in [0.1, 0.15) is 5.82 Å². The number of hydrogen-bond acceptors (Lipinski definition) is 4. The minimum atomic E-state index is 0.157. The van der Waals surface area contributed by atoms with Crippen LogP contribution in [0.5, 0.6) is 0 Å². The van der Waals surface area contributed by atoms with Crippen LogP contribution < -0.4 is 4.90 Å². The van der Waals surface area contributed by atoms with Crippen LogP contribution in [-0.2, 0) is 0 Å². The zero-order valence-electron chi connectivity index (χ0n) is 14.8. The van der Waals surface area contributed by atoms with Crippen molar-refractivity contribution >= 4 is 11.5 Å². The fourth-order valence-electron chi connectivity index (χ4n) is 3.73. The number of aryl methyl sites for hydroxylation is 1. The molecule has 1 N–H and O–H groups in total. The largest absolute Gasteiger partial charge is 0.396 e. The molecule has 0 spiro atoms. The van der Waals surface area contributed by atoms with E-state index in [9.17, 15) is 5.11 Å². The molecule has 25 heavy (non-hydrogen) atoms. The van der Waals surface area contributed by atoms with E-state index in [1.54, 1.807) is 0 Å². The third-order valence-electron chi connectivity index (χ3n) is 5.30. The lowest BCUT2D eigenvalue weighted by molar-refractivity contribution is 0.213. The zero-order valence-corrected chi connectivity index (χ0v) is 14.8. The van der Waals surface area contributed by atoms with Gasteiger partial charge in [-0.1, -0.05) is 37.3 Å². The average molecular weight is 336 g/mol. The molecule has 1 aliphatic heterocycles. The Bertz CT molecular complexity index is 889. The average Bonchev–Trinajstić information content (AvgIpc) is 3.19. The van der Waals surface area contributed by atoms with E-state index in [0.717, 1.165) is 54.2 Å². The summed E-state index contributed by atoms with van der Waals surface area (Å²) in [5.41, 5.74) is 4.34. The van der Waals surface area contributed by atoms with Crippen molar-refractivity contribution < 1.29 is 5.11 Å². The second kappa shape index (κ2) is 6.15. The third-order valence-corrected chi connectivity index (χ3v) is 5.30. The topological polar surface area (TPSA) is 53.7 Å². The van der Waals surface area contributed by atoms with Gasteiger partial charge in [0.05, 0.1) is 11.9 Å². The lowest BCUT2D eigenvalue weighted by Crippen LogP contribution is -2.26. The fourth-order valence-corrected chi connectivity index (χ4v) is 3.73. The van der Waals surface area contributed by atoms with Gasteiger partial charge in [-0.2, -0.15) is 5.10 Å². The monoisotopic (exact) mass is 336 g/mol. The molecule has 5 nitrogen and oxygen atoms in total. The molecule has 4 rings (SSSR count). The van der Waals surface area contributed by atoms with Crippen molar-refractivity contribution in [2.24, 2.45) is 5.41 Å². The Kier molecular flexibility index (Phi) is 3.96. The summed E-state index contributed by atoms with van der Waals surface area (Å²) in [6.45, 7) is 6.45. The first-order chi connectivity index (χ1) is 12.1. The highest BCUT2D eigenvalue weighted by atomic mass is 16.3. The first-order valence-electron chi connectivity index (χ1n) is 8.86. The first kappa shape index (κ1) is 16.1. The predicted octanol–water partition coefficient (Wildman–Crippen LogP) is 3.30. The van der Waals surface area contributed by atoms with Gasteiger partial charge in [-0.25, -0.2) is 9.50 Å². The number of hydrogen-bond donors (Lipinski definition) is 1. The summed E-state index contributed by atoms with van der Waals surface area (Å²) in [7, 11) is 0. The van der Waals surface area contributed by atoms with E-state index in [4.69, 9.17) is 4.98 Å². The molecule has 3 aromatic rings. The van der Waals surface area contributed by atoms with Crippen LogP contribution in [0.1, 0.15) is 25.3 Å². The van der Waals surface area contributed by atoms with Crippen LogP contribution in [0.3, 0.4) is 0 Å². The third kappa shape index (κ3) is 2.89. The van der Waals surface area contributed by atoms with Crippen molar-refractivity contribution in [1.29, 1.82) is 0 Å². The van der Waals surface area contributed by atoms with E-state index >= 15 is 0 Å². The summed E-state index contributed by atoms with van der Waals surface area (Å²) >= 11 is 0. The van der Waals surface area contributed by atoms with Crippen molar-refractivity contribution in [1.82, 2.24) is 14.6 Å². The molecule has 0 bridgehead atoms. The van der Waals surface area contributed by atoms with Gasteiger partial charge in [-0.15, -0.1) is 0 Å². The Morgan fingerprint density at radius 2 is 2.04 bits per heavy atom. The molecule has 0 aliphatic carbocycles. The number of anilines is 1. The summed E-state index contributed by atoms with van der Waals surface area (Å²) in [6, 6.07) is 12.5. The molecule has 0 saturated carbocycles. The number of aromatic nitrogens is 3. The van der Waals surface area contributed by atoms with Crippen molar-refractivity contribution in [3.63, 3.8) is 0 Å². The second-order valence-corrected chi connectivity index (χ2v) is 7.38. The van der Waals surface area contributed by atoms with E-state index in [2.05, 4.69) is 35.1 Å². The highest BCUT2D eigenvalue weighted by molar-refractivity contribution is 5.68. The van der Waals surface area contributed by atoms with Gasteiger partial charge < -0.3 is 10.0 Å². The van der Waals surface area contributed by atoms with Gasteiger partial charge in [-0.3, -0.25) is 0 Å². The normalized spacial score (nSPS) is 20.5. The van der Waals surface area contributed by atoms with Crippen LogP contribution in [0.4, 0.5) is 5.82 Å².